The van der Waals surface area contributed by atoms with Crippen molar-refractivity contribution >= 4 is 23.3 Å². The fourth-order valence-electron chi connectivity index (χ4n) is 3.63. The van der Waals surface area contributed by atoms with Crippen molar-refractivity contribution in [2.75, 3.05) is 11.5 Å². The molecule has 158 valence electrons. The number of aryl methyl sites for hydroxylation is 2. The quantitative estimate of drug-likeness (QED) is 0.377. The predicted molar refractivity (Wildman–Crippen MR) is 115 cm³/mol. The second-order valence-corrected chi connectivity index (χ2v) is 7.33. The number of amides is 1. The summed E-state index contributed by atoms with van der Waals surface area (Å²) in [5.41, 5.74) is 2.12. The van der Waals surface area contributed by atoms with Gasteiger partial charge in [0.2, 0.25) is 0 Å². The van der Waals surface area contributed by atoms with E-state index in [9.17, 15) is 14.7 Å². The monoisotopic (exact) mass is 418 g/mol. The summed E-state index contributed by atoms with van der Waals surface area (Å²) >= 11 is 0. The Morgan fingerprint density at radius 1 is 1.10 bits per heavy atom. The lowest BCUT2D eigenvalue weighted by atomic mass is 9.94. The van der Waals surface area contributed by atoms with Gasteiger partial charge in [-0.15, -0.1) is 0 Å². The Morgan fingerprint density at radius 2 is 1.77 bits per heavy atom. The van der Waals surface area contributed by atoms with Crippen LogP contribution >= 0.6 is 0 Å². The third-order valence-corrected chi connectivity index (χ3v) is 5.14. The van der Waals surface area contributed by atoms with Crippen molar-refractivity contribution in [2.45, 2.75) is 26.8 Å². The van der Waals surface area contributed by atoms with Crippen LogP contribution in [0, 0.1) is 13.8 Å². The summed E-state index contributed by atoms with van der Waals surface area (Å²) in [6, 6.07) is 14.9. The second kappa shape index (κ2) is 8.10. The van der Waals surface area contributed by atoms with E-state index in [1.165, 1.54) is 4.90 Å². The fourth-order valence-corrected chi connectivity index (χ4v) is 3.63. The molecule has 1 amide bonds. The third-order valence-electron chi connectivity index (χ3n) is 5.14. The van der Waals surface area contributed by atoms with Crippen LogP contribution in [0.15, 0.2) is 64.7 Å². The van der Waals surface area contributed by atoms with Crippen molar-refractivity contribution in [3.8, 4) is 5.75 Å². The lowest BCUT2D eigenvalue weighted by Gasteiger charge is -2.23. The van der Waals surface area contributed by atoms with Crippen LogP contribution in [0.4, 0.5) is 5.82 Å². The minimum Gasteiger partial charge on any atom is -0.507 e. The van der Waals surface area contributed by atoms with Gasteiger partial charge >= 0.3 is 5.91 Å². The van der Waals surface area contributed by atoms with Gasteiger partial charge in [0.25, 0.3) is 5.78 Å². The molecule has 7 heteroatoms. The molecule has 1 N–H and O–H groups in total. The number of Topliss-reactive ketones (excluding diaryl/α,β-unsaturated/α-hetero) is 1. The summed E-state index contributed by atoms with van der Waals surface area (Å²) in [6.07, 6.45) is 0. The molecule has 0 aliphatic carbocycles. The van der Waals surface area contributed by atoms with Crippen molar-refractivity contribution < 1.29 is 24.0 Å². The Balaban J connectivity index is 1.87. The molecule has 1 aliphatic rings. The van der Waals surface area contributed by atoms with E-state index < -0.39 is 17.7 Å². The summed E-state index contributed by atoms with van der Waals surface area (Å²) in [6.45, 7) is 6.04. The minimum atomic E-state index is -0.836. The van der Waals surface area contributed by atoms with Gasteiger partial charge in [-0.3, -0.25) is 14.5 Å². The van der Waals surface area contributed by atoms with Crippen LogP contribution in [0.2, 0.25) is 0 Å². The standard InChI is InChI=1S/C24H22N2O5/c1-4-30-18-11-9-17(10-12-18)22(27)20-21(16-7-5-14(2)6-8-16)26(24(29)23(20)28)19-13-15(3)31-25-19/h5-13,21,27H,4H2,1-3H3/b22-20+/t21-/m1/s1. The number of hydrogen-bond acceptors (Lipinski definition) is 6. The third kappa shape index (κ3) is 3.70. The van der Waals surface area contributed by atoms with Gasteiger partial charge in [0.05, 0.1) is 18.2 Å². The predicted octanol–water partition coefficient (Wildman–Crippen LogP) is 4.32. The maximum absolute atomic E-state index is 13.0. The maximum atomic E-state index is 13.0. The molecule has 1 aromatic heterocycles. The summed E-state index contributed by atoms with van der Waals surface area (Å²) < 4.78 is 10.6. The van der Waals surface area contributed by atoms with Crippen LogP contribution in [0.5, 0.6) is 5.75 Å². The number of nitrogens with zero attached hydrogens (tertiary/aromatic N) is 2. The highest BCUT2D eigenvalue weighted by molar-refractivity contribution is 6.51. The van der Waals surface area contributed by atoms with Gasteiger partial charge < -0.3 is 14.4 Å². The maximum Gasteiger partial charge on any atom is 0.301 e. The van der Waals surface area contributed by atoms with Crippen LogP contribution in [-0.2, 0) is 9.59 Å². The first-order valence-electron chi connectivity index (χ1n) is 9.94. The zero-order valence-corrected chi connectivity index (χ0v) is 17.5. The van der Waals surface area contributed by atoms with E-state index in [0.29, 0.717) is 29.2 Å². The molecule has 1 fully saturated rings. The fraction of sp³-hybridized carbons (Fsp3) is 0.208. The average Bonchev–Trinajstić information content (AvgIpc) is 3.30. The summed E-state index contributed by atoms with van der Waals surface area (Å²) in [5.74, 6) is -0.437. The van der Waals surface area contributed by atoms with Crippen molar-refractivity contribution in [1.29, 1.82) is 0 Å². The number of aliphatic hydroxyl groups is 1. The number of aromatic nitrogens is 1. The summed E-state index contributed by atoms with van der Waals surface area (Å²) in [7, 11) is 0. The molecule has 0 unspecified atom stereocenters. The molecule has 0 bridgehead atoms. The van der Waals surface area contributed by atoms with Gasteiger partial charge in [0.1, 0.15) is 17.3 Å². The Morgan fingerprint density at radius 3 is 2.35 bits per heavy atom. The number of carbonyl (C=O) groups is 2. The SMILES string of the molecule is CCOc1ccc(/C(O)=C2\C(=O)C(=O)N(c3cc(C)on3)[C@@H]2c2ccc(C)cc2)cc1. The van der Waals surface area contributed by atoms with Crippen LogP contribution in [0.3, 0.4) is 0 Å². The van der Waals surface area contributed by atoms with E-state index in [1.807, 2.05) is 38.1 Å². The van der Waals surface area contributed by atoms with Gasteiger partial charge in [-0.05, 0) is 50.6 Å². The second-order valence-electron chi connectivity index (χ2n) is 7.33. The van der Waals surface area contributed by atoms with Crippen molar-refractivity contribution in [2.24, 2.45) is 0 Å². The van der Waals surface area contributed by atoms with E-state index >= 15 is 0 Å². The van der Waals surface area contributed by atoms with Crippen LogP contribution in [0.1, 0.15) is 35.4 Å². The number of ether oxygens (including phenoxy) is 1. The topological polar surface area (TPSA) is 92.9 Å². The number of hydrogen-bond donors (Lipinski definition) is 1. The number of rotatable bonds is 5. The lowest BCUT2D eigenvalue weighted by Crippen LogP contribution is -2.29. The molecule has 2 aromatic carbocycles. The number of carbonyl (C=O) groups excluding carboxylic acids is 2. The molecule has 1 saturated heterocycles. The van der Waals surface area contributed by atoms with Gasteiger partial charge in [-0.2, -0.15) is 0 Å². The molecule has 1 aliphatic heterocycles. The molecule has 0 radical (unpaired) electrons. The largest absolute Gasteiger partial charge is 0.507 e. The van der Waals surface area contributed by atoms with Crippen molar-refractivity contribution in [3.05, 3.63) is 82.6 Å². The molecule has 1 atom stereocenters. The zero-order valence-electron chi connectivity index (χ0n) is 17.5. The Bertz CT molecular complexity index is 1160. The molecule has 4 rings (SSSR count). The van der Waals surface area contributed by atoms with Crippen molar-refractivity contribution in [1.82, 2.24) is 5.16 Å². The highest BCUT2D eigenvalue weighted by Crippen LogP contribution is 2.42. The molecular weight excluding hydrogens is 396 g/mol. The van der Waals surface area contributed by atoms with Crippen LogP contribution in [0.25, 0.3) is 5.76 Å². The molecule has 7 nitrogen and oxygen atoms in total. The van der Waals surface area contributed by atoms with Crippen LogP contribution in [-0.4, -0.2) is 28.6 Å². The number of benzene rings is 2. The van der Waals surface area contributed by atoms with E-state index in [0.717, 1.165) is 5.56 Å². The summed E-state index contributed by atoms with van der Waals surface area (Å²) in [4.78, 5) is 27.3. The van der Waals surface area contributed by atoms with E-state index in [-0.39, 0.29) is 17.2 Å². The lowest BCUT2D eigenvalue weighted by molar-refractivity contribution is -0.132. The van der Waals surface area contributed by atoms with E-state index in [1.54, 1.807) is 37.3 Å². The molecule has 2 heterocycles. The van der Waals surface area contributed by atoms with E-state index in [4.69, 9.17) is 9.26 Å². The van der Waals surface area contributed by atoms with Gasteiger partial charge in [0, 0.05) is 11.6 Å². The smallest absolute Gasteiger partial charge is 0.301 e. The van der Waals surface area contributed by atoms with E-state index in [2.05, 4.69) is 5.16 Å². The molecular formula is C24H22N2O5. The van der Waals surface area contributed by atoms with Gasteiger partial charge in [-0.1, -0.05) is 35.0 Å². The Hall–Kier alpha value is -3.87. The highest BCUT2D eigenvalue weighted by atomic mass is 16.5. The molecule has 0 saturated carbocycles. The first kappa shape index (κ1) is 20.4. The normalized spacial score (nSPS) is 17.9. The molecule has 3 aromatic rings. The molecule has 31 heavy (non-hydrogen) atoms. The average molecular weight is 418 g/mol. The van der Waals surface area contributed by atoms with Gasteiger partial charge in [0.15, 0.2) is 5.82 Å². The zero-order chi connectivity index (χ0) is 22.1. The van der Waals surface area contributed by atoms with Gasteiger partial charge in [-0.25, -0.2) is 0 Å². The minimum absolute atomic E-state index is 0.00124. The van der Waals surface area contributed by atoms with Crippen molar-refractivity contribution in [3.63, 3.8) is 0 Å². The number of anilines is 1. The Labute approximate surface area is 179 Å². The first-order chi connectivity index (χ1) is 14.9. The van der Waals surface area contributed by atoms with Crippen LogP contribution < -0.4 is 9.64 Å². The number of ketones is 1. The first-order valence-corrected chi connectivity index (χ1v) is 9.94. The Kier molecular flexibility index (Phi) is 5.33. The summed E-state index contributed by atoms with van der Waals surface area (Å²) in [5, 5.41) is 15.0. The highest BCUT2D eigenvalue weighted by Gasteiger charge is 2.48. The number of aliphatic hydroxyl groups excluding tert-OH is 1. The molecule has 0 spiro atoms.